The topological polar surface area (TPSA) is 53.1 Å². The van der Waals surface area contributed by atoms with Crippen LogP contribution in [0.3, 0.4) is 0 Å². The third-order valence-electron chi connectivity index (χ3n) is 6.37. The van der Waals surface area contributed by atoms with Crippen molar-refractivity contribution < 1.29 is 14.3 Å². The van der Waals surface area contributed by atoms with Gasteiger partial charge in [0, 0.05) is 50.5 Å². The fraction of sp³-hybridized carbons (Fsp3) is 0.417. The number of methoxy groups -OCH3 is 1. The molecule has 30 heavy (non-hydrogen) atoms. The van der Waals surface area contributed by atoms with Gasteiger partial charge in [-0.05, 0) is 55.3 Å². The molecular formula is C24H29N3O3. The monoisotopic (exact) mass is 407 g/mol. The number of rotatable bonds is 4. The van der Waals surface area contributed by atoms with Crippen molar-refractivity contribution in [3.8, 4) is 5.75 Å². The van der Waals surface area contributed by atoms with E-state index >= 15 is 0 Å². The fourth-order valence-corrected chi connectivity index (χ4v) is 4.39. The van der Waals surface area contributed by atoms with Gasteiger partial charge < -0.3 is 19.4 Å². The predicted octanol–water partition coefficient (Wildman–Crippen LogP) is 3.01. The van der Waals surface area contributed by atoms with E-state index in [1.807, 2.05) is 29.2 Å². The summed E-state index contributed by atoms with van der Waals surface area (Å²) >= 11 is 0. The molecule has 0 N–H and O–H groups in total. The molecule has 0 unspecified atom stereocenters. The molecule has 0 saturated carbocycles. The Labute approximate surface area is 178 Å². The highest BCUT2D eigenvalue weighted by molar-refractivity contribution is 6.00. The van der Waals surface area contributed by atoms with E-state index in [-0.39, 0.29) is 24.2 Å². The maximum atomic E-state index is 13.1. The van der Waals surface area contributed by atoms with Gasteiger partial charge in [0.05, 0.1) is 13.0 Å². The number of ether oxygens (including phenoxy) is 1. The Bertz CT molecular complexity index is 933. The van der Waals surface area contributed by atoms with Crippen molar-refractivity contribution in [2.24, 2.45) is 5.92 Å². The molecule has 2 heterocycles. The summed E-state index contributed by atoms with van der Waals surface area (Å²) in [4.78, 5) is 31.6. The van der Waals surface area contributed by atoms with Crippen LogP contribution in [0.1, 0.15) is 17.5 Å². The van der Waals surface area contributed by atoms with Crippen molar-refractivity contribution in [3.63, 3.8) is 0 Å². The first-order valence-corrected chi connectivity index (χ1v) is 10.5. The molecule has 2 aliphatic heterocycles. The predicted molar refractivity (Wildman–Crippen MR) is 118 cm³/mol. The van der Waals surface area contributed by atoms with E-state index < -0.39 is 0 Å². The maximum absolute atomic E-state index is 13.1. The third kappa shape index (κ3) is 3.86. The van der Waals surface area contributed by atoms with Crippen LogP contribution in [0.5, 0.6) is 5.75 Å². The van der Waals surface area contributed by atoms with Gasteiger partial charge in [-0.2, -0.15) is 0 Å². The number of aryl methyl sites for hydroxylation is 1. The van der Waals surface area contributed by atoms with Gasteiger partial charge in [0.15, 0.2) is 0 Å². The van der Waals surface area contributed by atoms with Crippen molar-refractivity contribution in [2.45, 2.75) is 20.3 Å². The second kappa shape index (κ2) is 8.38. The van der Waals surface area contributed by atoms with Gasteiger partial charge in [-0.25, -0.2) is 0 Å². The zero-order chi connectivity index (χ0) is 21.3. The van der Waals surface area contributed by atoms with E-state index in [0.29, 0.717) is 19.6 Å². The molecular weight excluding hydrogens is 378 g/mol. The van der Waals surface area contributed by atoms with E-state index in [4.69, 9.17) is 4.74 Å². The smallest absolute Gasteiger partial charge is 0.228 e. The van der Waals surface area contributed by atoms with Crippen LogP contribution in [0.4, 0.5) is 11.4 Å². The summed E-state index contributed by atoms with van der Waals surface area (Å²) in [6.07, 6.45) is 0.280. The minimum atomic E-state index is -0.271. The van der Waals surface area contributed by atoms with Crippen LogP contribution in [0.25, 0.3) is 0 Å². The maximum Gasteiger partial charge on any atom is 0.228 e. The van der Waals surface area contributed by atoms with E-state index in [1.54, 1.807) is 12.0 Å². The van der Waals surface area contributed by atoms with Crippen LogP contribution in [0.15, 0.2) is 42.5 Å². The van der Waals surface area contributed by atoms with E-state index in [0.717, 1.165) is 24.5 Å². The number of benzene rings is 2. The first-order chi connectivity index (χ1) is 14.5. The lowest BCUT2D eigenvalue weighted by molar-refractivity contribution is -0.136. The highest BCUT2D eigenvalue weighted by atomic mass is 16.5. The summed E-state index contributed by atoms with van der Waals surface area (Å²) in [7, 11) is 1.62. The Morgan fingerprint density at radius 1 is 1.00 bits per heavy atom. The fourth-order valence-electron chi connectivity index (χ4n) is 4.39. The number of hydrogen-bond donors (Lipinski definition) is 0. The van der Waals surface area contributed by atoms with Crippen LogP contribution in [0.2, 0.25) is 0 Å². The molecule has 6 nitrogen and oxygen atoms in total. The van der Waals surface area contributed by atoms with E-state index in [9.17, 15) is 9.59 Å². The molecule has 0 spiro atoms. The van der Waals surface area contributed by atoms with Crippen LogP contribution in [-0.2, 0) is 9.59 Å². The Kier molecular flexibility index (Phi) is 5.66. The Balaban J connectivity index is 1.37. The highest BCUT2D eigenvalue weighted by Gasteiger charge is 2.38. The van der Waals surface area contributed by atoms with Gasteiger partial charge >= 0.3 is 0 Å². The summed E-state index contributed by atoms with van der Waals surface area (Å²) in [6, 6.07) is 13.8. The summed E-state index contributed by atoms with van der Waals surface area (Å²) < 4.78 is 5.18. The Morgan fingerprint density at radius 2 is 1.70 bits per heavy atom. The molecule has 0 bridgehead atoms. The minimum absolute atomic E-state index is 0.00698. The van der Waals surface area contributed by atoms with Crippen LogP contribution >= 0.6 is 0 Å². The van der Waals surface area contributed by atoms with Crippen LogP contribution in [0, 0.1) is 19.8 Å². The minimum Gasteiger partial charge on any atom is -0.497 e. The zero-order valence-corrected chi connectivity index (χ0v) is 17.9. The summed E-state index contributed by atoms with van der Waals surface area (Å²) in [5, 5.41) is 0. The molecule has 1 atom stereocenters. The van der Waals surface area contributed by atoms with Crippen molar-refractivity contribution >= 4 is 23.2 Å². The number of nitrogens with zero attached hydrogens (tertiary/aromatic N) is 3. The summed E-state index contributed by atoms with van der Waals surface area (Å²) in [5.41, 5.74) is 4.66. The second-order valence-corrected chi connectivity index (χ2v) is 8.13. The second-order valence-electron chi connectivity index (χ2n) is 8.13. The molecule has 0 radical (unpaired) electrons. The van der Waals surface area contributed by atoms with Gasteiger partial charge in [0.1, 0.15) is 5.75 Å². The van der Waals surface area contributed by atoms with Gasteiger partial charge in [0.2, 0.25) is 11.8 Å². The first kappa shape index (κ1) is 20.3. The molecule has 158 valence electrons. The summed E-state index contributed by atoms with van der Waals surface area (Å²) in [5.74, 6) is 0.583. The van der Waals surface area contributed by atoms with Crippen molar-refractivity contribution in [3.05, 3.63) is 53.6 Å². The normalized spacial score (nSPS) is 19.4. The highest BCUT2D eigenvalue weighted by Crippen LogP contribution is 2.29. The Morgan fingerprint density at radius 3 is 2.37 bits per heavy atom. The molecule has 2 amide bonds. The van der Waals surface area contributed by atoms with Crippen molar-refractivity contribution in [1.82, 2.24) is 4.90 Å². The molecule has 4 rings (SSSR count). The molecule has 0 aliphatic carbocycles. The van der Waals surface area contributed by atoms with Gasteiger partial charge in [-0.1, -0.05) is 12.1 Å². The number of amides is 2. The van der Waals surface area contributed by atoms with Gasteiger partial charge in [0.25, 0.3) is 0 Å². The molecule has 2 fully saturated rings. The molecule has 2 aromatic rings. The van der Waals surface area contributed by atoms with E-state index in [1.165, 1.54) is 16.8 Å². The summed E-state index contributed by atoms with van der Waals surface area (Å²) in [6.45, 7) is 7.75. The van der Waals surface area contributed by atoms with Crippen LogP contribution < -0.4 is 14.5 Å². The number of carbonyl (C=O) groups is 2. The average Bonchev–Trinajstić information content (AvgIpc) is 3.17. The number of piperazine rings is 1. The quantitative estimate of drug-likeness (QED) is 0.782. The number of anilines is 2. The lowest BCUT2D eigenvalue weighted by atomic mass is 10.1. The SMILES string of the molecule is COc1ccc(N2C[C@H](C(=O)N3CCN(c4cccc(C)c4C)CC3)CC2=O)cc1. The van der Waals surface area contributed by atoms with Gasteiger partial charge in [-0.15, -0.1) is 0 Å². The first-order valence-electron chi connectivity index (χ1n) is 10.5. The Hall–Kier alpha value is -3.02. The van der Waals surface area contributed by atoms with Crippen molar-refractivity contribution in [1.29, 1.82) is 0 Å². The third-order valence-corrected chi connectivity index (χ3v) is 6.37. The number of hydrogen-bond acceptors (Lipinski definition) is 4. The molecule has 2 aromatic carbocycles. The molecule has 6 heteroatoms. The van der Waals surface area contributed by atoms with E-state index in [2.05, 4.69) is 36.9 Å². The largest absolute Gasteiger partial charge is 0.497 e. The standard InChI is InChI=1S/C24H29N3O3/c1-17-5-4-6-22(18(17)2)25-11-13-26(14-12-25)24(29)19-15-23(28)27(16-19)20-7-9-21(30-3)10-8-20/h4-10,19H,11-16H2,1-3H3/t19-/m1/s1. The molecule has 0 aromatic heterocycles. The molecule has 2 saturated heterocycles. The average molecular weight is 408 g/mol. The van der Waals surface area contributed by atoms with Crippen LogP contribution in [-0.4, -0.2) is 56.5 Å². The van der Waals surface area contributed by atoms with Crippen molar-refractivity contribution in [2.75, 3.05) is 49.6 Å². The van der Waals surface area contributed by atoms with Gasteiger partial charge in [-0.3, -0.25) is 9.59 Å². The lowest BCUT2D eigenvalue weighted by Crippen LogP contribution is -2.51. The number of carbonyl (C=O) groups excluding carboxylic acids is 2. The zero-order valence-electron chi connectivity index (χ0n) is 17.9. The lowest BCUT2D eigenvalue weighted by Gasteiger charge is -2.38. The molecule has 2 aliphatic rings.